The molecule has 0 aromatic heterocycles. The number of rotatable bonds is 5. The molecular formula is C19H30N2O4S. The van der Waals surface area contributed by atoms with Crippen LogP contribution in [0.15, 0.2) is 24.3 Å². The minimum absolute atomic E-state index is 0.0232. The van der Waals surface area contributed by atoms with Crippen molar-refractivity contribution in [3.8, 4) is 5.75 Å². The summed E-state index contributed by atoms with van der Waals surface area (Å²) >= 11 is 0. The van der Waals surface area contributed by atoms with E-state index in [1.165, 1.54) is 4.31 Å². The molecule has 1 aromatic carbocycles. The van der Waals surface area contributed by atoms with Gasteiger partial charge in [-0.25, -0.2) is 8.42 Å². The average molecular weight is 383 g/mol. The lowest BCUT2D eigenvalue weighted by Crippen LogP contribution is -2.55. The molecule has 0 unspecified atom stereocenters. The van der Waals surface area contributed by atoms with Crippen molar-refractivity contribution in [2.24, 2.45) is 5.41 Å². The number of anilines is 1. The van der Waals surface area contributed by atoms with E-state index in [2.05, 4.69) is 26.1 Å². The van der Waals surface area contributed by atoms with Gasteiger partial charge in [-0.2, -0.15) is 0 Å². The number of ether oxygens (including phenoxy) is 1. The van der Waals surface area contributed by atoms with Gasteiger partial charge in [-0.3, -0.25) is 9.10 Å². The number of para-hydroxylation sites is 2. The van der Waals surface area contributed by atoms with Gasteiger partial charge < -0.3 is 10.1 Å². The zero-order valence-corrected chi connectivity index (χ0v) is 17.3. The summed E-state index contributed by atoms with van der Waals surface area (Å²) in [6.45, 7) is 11.8. The SMILES string of the molecule is CCS(=O)(=O)N1C[C@@H](C(=O)NC(C)(C)CC(C)(C)C)Oc2ccccc21. The molecule has 0 fully saturated rings. The maximum Gasteiger partial charge on any atom is 0.263 e. The predicted molar refractivity (Wildman–Crippen MR) is 104 cm³/mol. The lowest BCUT2D eigenvalue weighted by molar-refractivity contribution is -0.129. The number of fused-ring (bicyclic) bond motifs is 1. The molecule has 146 valence electrons. The number of hydrogen-bond acceptors (Lipinski definition) is 4. The van der Waals surface area contributed by atoms with E-state index in [0.29, 0.717) is 11.4 Å². The number of amides is 1. The minimum atomic E-state index is -3.50. The van der Waals surface area contributed by atoms with Crippen LogP contribution in [0.25, 0.3) is 0 Å². The van der Waals surface area contributed by atoms with E-state index in [1.807, 2.05) is 13.8 Å². The third kappa shape index (κ3) is 4.90. The predicted octanol–water partition coefficient (Wildman–Crippen LogP) is 2.93. The third-order valence-corrected chi connectivity index (χ3v) is 5.91. The molecule has 0 saturated carbocycles. The van der Waals surface area contributed by atoms with E-state index in [9.17, 15) is 13.2 Å². The molecule has 1 N–H and O–H groups in total. The van der Waals surface area contributed by atoms with Gasteiger partial charge in [0, 0.05) is 5.54 Å². The van der Waals surface area contributed by atoms with Gasteiger partial charge >= 0.3 is 0 Å². The first-order chi connectivity index (χ1) is 11.8. The van der Waals surface area contributed by atoms with Crippen molar-refractivity contribution in [1.82, 2.24) is 5.32 Å². The number of nitrogens with one attached hydrogen (secondary N) is 1. The van der Waals surface area contributed by atoms with Crippen molar-refractivity contribution < 1.29 is 17.9 Å². The third-order valence-electron chi connectivity index (χ3n) is 4.16. The molecule has 0 saturated heterocycles. The molecule has 0 bridgehead atoms. The Morgan fingerprint density at radius 2 is 1.85 bits per heavy atom. The van der Waals surface area contributed by atoms with Crippen LogP contribution >= 0.6 is 0 Å². The summed E-state index contributed by atoms with van der Waals surface area (Å²) in [4.78, 5) is 12.8. The van der Waals surface area contributed by atoms with Crippen molar-refractivity contribution in [1.29, 1.82) is 0 Å². The van der Waals surface area contributed by atoms with Crippen molar-refractivity contribution >= 4 is 21.6 Å². The molecule has 2 rings (SSSR count). The van der Waals surface area contributed by atoms with Crippen molar-refractivity contribution in [3.63, 3.8) is 0 Å². The van der Waals surface area contributed by atoms with E-state index in [4.69, 9.17) is 4.74 Å². The standard InChI is InChI=1S/C19H30N2O4S/c1-7-26(23,24)21-12-16(25-15-11-9-8-10-14(15)21)17(22)20-19(5,6)13-18(2,3)4/h8-11,16H,7,12-13H2,1-6H3,(H,20,22)/t16-/m0/s1. The van der Waals surface area contributed by atoms with Gasteiger partial charge in [-0.1, -0.05) is 32.9 Å². The van der Waals surface area contributed by atoms with Crippen LogP contribution in [0, 0.1) is 5.41 Å². The van der Waals surface area contributed by atoms with E-state index >= 15 is 0 Å². The van der Waals surface area contributed by atoms with E-state index < -0.39 is 21.7 Å². The molecule has 1 aromatic rings. The summed E-state index contributed by atoms with van der Waals surface area (Å²) in [7, 11) is -3.50. The highest BCUT2D eigenvalue weighted by Gasteiger charge is 2.38. The highest BCUT2D eigenvalue weighted by molar-refractivity contribution is 7.92. The van der Waals surface area contributed by atoms with Gasteiger partial charge in [0.15, 0.2) is 6.10 Å². The fourth-order valence-corrected chi connectivity index (χ4v) is 4.67. The minimum Gasteiger partial charge on any atom is -0.476 e. The molecule has 0 aliphatic carbocycles. The Kier molecular flexibility index (Phi) is 5.61. The zero-order chi connectivity index (χ0) is 19.8. The number of sulfonamides is 1. The lowest BCUT2D eigenvalue weighted by atomic mass is 9.81. The van der Waals surface area contributed by atoms with E-state index in [0.717, 1.165) is 6.42 Å². The van der Waals surface area contributed by atoms with E-state index in [1.54, 1.807) is 31.2 Å². The zero-order valence-electron chi connectivity index (χ0n) is 16.5. The molecule has 1 aliphatic heterocycles. The smallest absolute Gasteiger partial charge is 0.263 e. The molecule has 7 heteroatoms. The monoisotopic (exact) mass is 382 g/mol. The molecule has 1 atom stereocenters. The van der Waals surface area contributed by atoms with Gasteiger partial charge in [-0.05, 0) is 44.7 Å². The fourth-order valence-electron chi connectivity index (χ4n) is 3.54. The summed E-state index contributed by atoms with van der Waals surface area (Å²) in [5, 5.41) is 3.02. The van der Waals surface area contributed by atoms with Crippen LogP contribution in [-0.4, -0.2) is 38.3 Å². The Labute approximate surface area is 157 Å². The number of carbonyl (C=O) groups is 1. The Balaban J connectivity index is 2.25. The summed E-state index contributed by atoms with van der Waals surface area (Å²) < 4.78 is 32.1. The first-order valence-corrected chi connectivity index (χ1v) is 10.5. The normalized spacial score (nSPS) is 18.1. The van der Waals surface area contributed by atoms with Crippen LogP contribution in [0.1, 0.15) is 48.0 Å². The Hall–Kier alpha value is -1.76. The largest absolute Gasteiger partial charge is 0.476 e. The second-order valence-corrected chi connectivity index (χ2v) is 10.8. The number of hydrogen-bond donors (Lipinski definition) is 1. The highest BCUT2D eigenvalue weighted by atomic mass is 32.2. The van der Waals surface area contributed by atoms with Crippen molar-refractivity contribution in [2.75, 3.05) is 16.6 Å². The first-order valence-electron chi connectivity index (χ1n) is 8.93. The molecule has 1 amide bonds. The second kappa shape index (κ2) is 7.10. The molecule has 6 nitrogen and oxygen atoms in total. The molecular weight excluding hydrogens is 352 g/mol. The Morgan fingerprint density at radius 1 is 1.23 bits per heavy atom. The van der Waals surface area contributed by atoms with Crippen molar-refractivity contribution in [2.45, 2.75) is 59.6 Å². The van der Waals surface area contributed by atoms with Gasteiger partial charge in [0.1, 0.15) is 5.75 Å². The quantitative estimate of drug-likeness (QED) is 0.849. The summed E-state index contributed by atoms with van der Waals surface area (Å²) in [5.41, 5.74) is 0.103. The van der Waals surface area contributed by atoms with Crippen molar-refractivity contribution in [3.05, 3.63) is 24.3 Å². The fraction of sp³-hybridized carbons (Fsp3) is 0.632. The number of benzene rings is 1. The Bertz CT molecular complexity index is 766. The maximum absolute atomic E-state index is 12.8. The Morgan fingerprint density at radius 3 is 2.42 bits per heavy atom. The van der Waals surface area contributed by atoms with E-state index in [-0.39, 0.29) is 23.6 Å². The average Bonchev–Trinajstić information content (AvgIpc) is 2.50. The highest BCUT2D eigenvalue weighted by Crippen LogP contribution is 2.35. The maximum atomic E-state index is 12.8. The van der Waals surface area contributed by atoms with Gasteiger partial charge in [-0.15, -0.1) is 0 Å². The van der Waals surface area contributed by atoms with Gasteiger partial charge in [0.05, 0.1) is 18.0 Å². The van der Waals surface area contributed by atoms with Crippen LogP contribution in [0.5, 0.6) is 5.75 Å². The molecule has 1 aliphatic rings. The van der Waals surface area contributed by atoms with Crippen LogP contribution in [0.2, 0.25) is 0 Å². The summed E-state index contributed by atoms with van der Waals surface area (Å²) in [6, 6.07) is 6.90. The first kappa shape index (κ1) is 20.6. The van der Waals surface area contributed by atoms with Crippen LogP contribution in [-0.2, 0) is 14.8 Å². The molecule has 26 heavy (non-hydrogen) atoms. The van der Waals surface area contributed by atoms with Crippen LogP contribution < -0.4 is 14.4 Å². The van der Waals surface area contributed by atoms with Gasteiger partial charge in [0.25, 0.3) is 5.91 Å². The molecule has 0 spiro atoms. The molecule has 1 heterocycles. The van der Waals surface area contributed by atoms with Gasteiger partial charge in [0.2, 0.25) is 10.0 Å². The lowest BCUT2D eigenvalue weighted by Gasteiger charge is -2.38. The topological polar surface area (TPSA) is 75.7 Å². The summed E-state index contributed by atoms with van der Waals surface area (Å²) in [6.07, 6.45) is -0.100. The number of carbonyl (C=O) groups excluding carboxylic acids is 1. The van der Waals surface area contributed by atoms with Crippen LogP contribution in [0.4, 0.5) is 5.69 Å². The second-order valence-electron chi connectivity index (χ2n) is 8.62. The summed E-state index contributed by atoms with van der Waals surface area (Å²) in [5.74, 6) is 0.0696. The van der Waals surface area contributed by atoms with Crippen LogP contribution in [0.3, 0.4) is 0 Å². The molecule has 0 radical (unpaired) electrons. The number of nitrogens with zero attached hydrogens (tertiary/aromatic N) is 1.